The molecule has 1 amide bonds. The maximum absolute atomic E-state index is 12.2. The molecule has 2 N–H and O–H groups in total. The third kappa shape index (κ3) is 2.20. The first-order chi connectivity index (χ1) is 9.24. The van der Waals surface area contributed by atoms with E-state index in [0.717, 1.165) is 16.5 Å². The molecule has 2 heterocycles. The number of H-pyrrole nitrogens is 1. The monoisotopic (exact) mass is 251 g/mol. The maximum atomic E-state index is 12.2. The summed E-state index contributed by atoms with van der Waals surface area (Å²) >= 11 is 0. The molecule has 0 radical (unpaired) electrons. The molecule has 0 atom stereocenters. The molecule has 0 aliphatic rings. The van der Waals surface area contributed by atoms with Crippen LogP contribution in [0.25, 0.3) is 10.9 Å². The molecule has 0 fully saturated rings. The van der Waals surface area contributed by atoms with Crippen LogP contribution in [0.15, 0.2) is 48.8 Å². The number of aryl methyl sites for hydroxylation is 1. The lowest BCUT2D eigenvalue weighted by Gasteiger charge is -2.05. The highest BCUT2D eigenvalue weighted by molar-refractivity contribution is 6.11. The van der Waals surface area contributed by atoms with Gasteiger partial charge in [-0.1, -0.05) is 18.2 Å². The molecule has 2 aromatic heterocycles. The van der Waals surface area contributed by atoms with Gasteiger partial charge >= 0.3 is 0 Å². The van der Waals surface area contributed by atoms with Crippen molar-refractivity contribution >= 4 is 22.6 Å². The lowest BCUT2D eigenvalue weighted by Crippen LogP contribution is -2.13. The molecule has 0 aliphatic carbocycles. The topological polar surface area (TPSA) is 57.8 Å². The highest BCUT2D eigenvalue weighted by atomic mass is 16.1. The van der Waals surface area contributed by atoms with Crippen molar-refractivity contribution in [3.05, 3.63) is 59.9 Å². The second-order valence-corrected chi connectivity index (χ2v) is 4.42. The number of benzene rings is 1. The molecular weight excluding hydrogens is 238 g/mol. The second-order valence-electron chi connectivity index (χ2n) is 4.42. The number of pyridine rings is 1. The van der Waals surface area contributed by atoms with E-state index in [0.29, 0.717) is 11.4 Å². The summed E-state index contributed by atoms with van der Waals surface area (Å²) < 4.78 is 0. The van der Waals surface area contributed by atoms with E-state index in [1.54, 1.807) is 18.3 Å². The van der Waals surface area contributed by atoms with Gasteiger partial charge in [-0.2, -0.15) is 0 Å². The molecule has 0 saturated carbocycles. The number of hydrogen-bond acceptors (Lipinski definition) is 2. The van der Waals surface area contributed by atoms with Crippen LogP contribution in [0.4, 0.5) is 5.82 Å². The van der Waals surface area contributed by atoms with Crippen molar-refractivity contribution in [1.82, 2.24) is 9.97 Å². The molecular formula is C15H13N3O. The summed E-state index contributed by atoms with van der Waals surface area (Å²) in [7, 11) is 0. The Labute approximate surface area is 110 Å². The van der Waals surface area contributed by atoms with Crippen LogP contribution in [0.5, 0.6) is 0 Å². The number of carbonyl (C=O) groups excluding carboxylic acids is 1. The summed E-state index contributed by atoms with van der Waals surface area (Å²) in [6.07, 6.45) is 3.55. The lowest BCUT2D eigenvalue weighted by molar-refractivity contribution is 0.102. The molecule has 3 aromatic rings. The minimum Gasteiger partial charge on any atom is -0.361 e. The molecule has 3 rings (SSSR count). The van der Waals surface area contributed by atoms with Crippen LogP contribution >= 0.6 is 0 Å². The largest absolute Gasteiger partial charge is 0.361 e. The Kier molecular flexibility index (Phi) is 2.76. The number of anilines is 1. The Morgan fingerprint density at radius 1 is 1.21 bits per heavy atom. The van der Waals surface area contributed by atoms with E-state index in [1.807, 2.05) is 37.4 Å². The average Bonchev–Trinajstić information content (AvgIpc) is 2.89. The summed E-state index contributed by atoms with van der Waals surface area (Å²) in [5.41, 5.74) is 2.52. The molecule has 4 heteroatoms. The van der Waals surface area contributed by atoms with Crippen molar-refractivity contribution in [2.24, 2.45) is 0 Å². The Morgan fingerprint density at radius 2 is 2.11 bits per heavy atom. The van der Waals surface area contributed by atoms with Crippen molar-refractivity contribution in [2.45, 2.75) is 6.92 Å². The van der Waals surface area contributed by atoms with E-state index in [1.165, 1.54) is 0 Å². The van der Waals surface area contributed by atoms with Gasteiger partial charge in [-0.3, -0.25) is 4.79 Å². The van der Waals surface area contributed by atoms with Crippen LogP contribution in [-0.2, 0) is 0 Å². The van der Waals surface area contributed by atoms with Crippen LogP contribution in [0.3, 0.4) is 0 Å². The molecule has 0 spiro atoms. The number of para-hydroxylation sites is 1. The van der Waals surface area contributed by atoms with Gasteiger partial charge < -0.3 is 10.3 Å². The normalized spacial score (nSPS) is 10.6. The van der Waals surface area contributed by atoms with Gasteiger partial charge in [-0.15, -0.1) is 0 Å². The molecule has 0 aliphatic heterocycles. The van der Waals surface area contributed by atoms with Gasteiger partial charge in [-0.25, -0.2) is 4.98 Å². The molecule has 0 saturated heterocycles. The van der Waals surface area contributed by atoms with Crippen LogP contribution < -0.4 is 5.32 Å². The zero-order chi connectivity index (χ0) is 13.2. The number of aromatic amines is 1. The number of nitrogens with one attached hydrogen (secondary N) is 2. The van der Waals surface area contributed by atoms with Crippen molar-refractivity contribution in [2.75, 3.05) is 5.32 Å². The summed E-state index contributed by atoms with van der Waals surface area (Å²) in [6, 6.07) is 11.3. The average molecular weight is 251 g/mol. The van der Waals surface area contributed by atoms with Gasteiger partial charge in [-0.05, 0) is 30.7 Å². The fourth-order valence-corrected chi connectivity index (χ4v) is 2.00. The number of nitrogens with zero attached hydrogens (tertiary/aromatic N) is 1. The van der Waals surface area contributed by atoms with E-state index < -0.39 is 0 Å². The molecule has 1 aromatic carbocycles. The van der Waals surface area contributed by atoms with Crippen LogP contribution in [0.1, 0.15) is 15.9 Å². The van der Waals surface area contributed by atoms with E-state index in [-0.39, 0.29) is 5.91 Å². The predicted molar refractivity (Wildman–Crippen MR) is 75.2 cm³/mol. The first-order valence-corrected chi connectivity index (χ1v) is 6.04. The van der Waals surface area contributed by atoms with Crippen molar-refractivity contribution in [3.8, 4) is 0 Å². The Bertz CT molecular complexity index is 728. The quantitative estimate of drug-likeness (QED) is 0.735. The first-order valence-electron chi connectivity index (χ1n) is 6.04. The van der Waals surface area contributed by atoms with Gasteiger partial charge in [0.1, 0.15) is 5.82 Å². The molecule has 0 bridgehead atoms. The van der Waals surface area contributed by atoms with E-state index in [4.69, 9.17) is 0 Å². The van der Waals surface area contributed by atoms with Gasteiger partial charge in [0.15, 0.2) is 0 Å². The highest BCUT2D eigenvalue weighted by Gasteiger charge is 2.11. The number of rotatable bonds is 2. The summed E-state index contributed by atoms with van der Waals surface area (Å²) in [5, 5.41) is 3.82. The third-order valence-electron chi connectivity index (χ3n) is 2.98. The molecule has 0 unspecified atom stereocenters. The lowest BCUT2D eigenvalue weighted by atomic mass is 10.1. The Morgan fingerprint density at radius 3 is 2.89 bits per heavy atom. The first kappa shape index (κ1) is 11.5. The van der Waals surface area contributed by atoms with Gasteiger partial charge in [0.2, 0.25) is 0 Å². The Balaban J connectivity index is 1.92. The van der Waals surface area contributed by atoms with Gasteiger partial charge in [0.25, 0.3) is 5.91 Å². The zero-order valence-corrected chi connectivity index (χ0v) is 10.5. The smallest absolute Gasteiger partial charge is 0.258 e. The molecule has 19 heavy (non-hydrogen) atoms. The van der Waals surface area contributed by atoms with E-state index >= 15 is 0 Å². The minimum absolute atomic E-state index is 0.163. The summed E-state index contributed by atoms with van der Waals surface area (Å²) in [6.45, 7) is 1.96. The summed E-state index contributed by atoms with van der Waals surface area (Å²) in [4.78, 5) is 19.5. The van der Waals surface area contributed by atoms with E-state index in [2.05, 4.69) is 15.3 Å². The van der Waals surface area contributed by atoms with Crippen LogP contribution in [0.2, 0.25) is 0 Å². The van der Waals surface area contributed by atoms with Crippen LogP contribution in [0, 0.1) is 6.92 Å². The van der Waals surface area contributed by atoms with Crippen LogP contribution in [-0.4, -0.2) is 15.9 Å². The maximum Gasteiger partial charge on any atom is 0.258 e. The number of amides is 1. The minimum atomic E-state index is -0.163. The number of aromatic nitrogens is 2. The fraction of sp³-hybridized carbons (Fsp3) is 0.0667. The fourth-order valence-electron chi connectivity index (χ4n) is 2.00. The van der Waals surface area contributed by atoms with Gasteiger partial charge in [0.05, 0.1) is 11.1 Å². The van der Waals surface area contributed by atoms with Crippen molar-refractivity contribution in [3.63, 3.8) is 0 Å². The van der Waals surface area contributed by atoms with E-state index in [9.17, 15) is 4.79 Å². The molecule has 4 nitrogen and oxygen atoms in total. The van der Waals surface area contributed by atoms with Gasteiger partial charge in [0, 0.05) is 17.8 Å². The number of carbonyl (C=O) groups is 1. The SMILES string of the molecule is Cc1ccc(NC(=O)c2cccc3cc[nH]c23)nc1. The second kappa shape index (κ2) is 4.57. The Hall–Kier alpha value is -2.62. The standard InChI is InChI=1S/C15H13N3O/c1-10-5-6-13(17-9-10)18-15(19)12-4-2-3-11-7-8-16-14(11)12/h2-9,16H,1H3,(H,17,18,19). The third-order valence-corrected chi connectivity index (χ3v) is 2.98. The molecule has 94 valence electrons. The summed E-state index contributed by atoms with van der Waals surface area (Å²) in [5.74, 6) is 0.392. The number of fused-ring (bicyclic) bond motifs is 1. The number of hydrogen-bond donors (Lipinski definition) is 2. The van der Waals surface area contributed by atoms with Crippen molar-refractivity contribution in [1.29, 1.82) is 0 Å². The highest BCUT2D eigenvalue weighted by Crippen LogP contribution is 2.18. The van der Waals surface area contributed by atoms with Crippen molar-refractivity contribution < 1.29 is 4.79 Å². The predicted octanol–water partition coefficient (Wildman–Crippen LogP) is 3.12. The zero-order valence-electron chi connectivity index (χ0n) is 10.5.